The highest BCUT2D eigenvalue weighted by Crippen LogP contribution is 2.16. The molecule has 94 valence electrons. The van der Waals surface area contributed by atoms with E-state index in [1.165, 1.54) is 3.57 Å². The summed E-state index contributed by atoms with van der Waals surface area (Å²) in [4.78, 5) is 4.51. The first-order chi connectivity index (χ1) is 8.78. The molecule has 2 aromatic rings. The Balaban J connectivity index is 1.99. The second kappa shape index (κ2) is 6.70. The van der Waals surface area contributed by atoms with Gasteiger partial charge in [0.2, 0.25) is 0 Å². The number of ether oxygens (including phenoxy) is 1. The lowest BCUT2D eigenvalue weighted by Crippen LogP contribution is -2.08. The summed E-state index contributed by atoms with van der Waals surface area (Å²) in [5.41, 5.74) is 1.97. The standard InChI is InChI=1S/C14H15IN2O/c1-16-9-12-5-3-6-13(17-12)10-18-14-7-2-4-11(15)8-14/h2-8,16H,9-10H2,1H3. The van der Waals surface area contributed by atoms with E-state index in [-0.39, 0.29) is 0 Å². The third kappa shape index (κ3) is 3.96. The molecular formula is C14H15IN2O. The van der Waals surface area contributed by atoms with Crippen LogP contribution >= 0.6 is 22.6 Å². The summed E-state index contributed by atoms with van der Waals surface area (Å²) in [6.45, 7) is 1.27. The molecule has 0 aliphatic rings. The van der Waals surface area contributed by atoms with Crippen LogP contribution in [0.4, 0.5) is 0 Å². The van der Waals surface area contributed by atoms with E-state index in [1.54, 1.807) is 0 Å². The van der Waals surface area contributed by atoms with Gasteiger partial charge in [-0.25, -0.2) is 0 Å². The number of halogens is 1. The molecule has 1 heterocycles. The quantitative estimate of drug-likeness (QED) is 0.839. The normalized spacial score (nSPS) is 10.3. The summed E-state index contributed by atoms with van der Waals surface area (Å²) in [6, 6.07) is 14.0. The fraction of sp³-hybridized carbons (Fsp3) is 0.214. The molecule has 0 fully saturated rings. The first-order valence-electron chi connectivity index (χ1n) is 5.76. The summed E-state index contributed by atoms with van der Waals surface area (Å²) in [5.74, 6) is 0.878. The predicted molar refractivity (Wildman–Crippen MR) is 80.5 cm³/mol. The topological polar surface area (TPSA) is 34.1 Å². The van der Waals surface area contributed by atoms with Crippen LogP contribution in [-0.2, 0) is 13.2 Å². The van der Waals surface area contributed by atoms with Crippen molar-refractivity contribution < 1.29 is 4.74 Å². The molecule has 18 heavy (non-hydrogen) atoms. The van der Waals surface area contributed by atoms with Gasteiger partial charge in [-0.2, -0.15) is 0 Å². The molecule has 1 aromatic heterocycles. The van der Waals surface area contributed by atoms with Gasteiger partial charge in [0.25, 0.3) is 0 Å². The van der Waals surface area contributed by atoms with Crippen molar-refractivity contribution in [1.82, 2.24) is 10.3 Å². The van der Waals surface area contributed by atoms with E-state index in [9.17, 15) is 0 Å². The Morgan fingerprint density at radius 2 is 1.94 bits per heavy atom. The van der Waals surface area contributed by atoms with Crippen molar-refractivity contribution in [1.29, 1.82) is 0 Å². The third-order valence-corrected chi connectivity index (χ3v) is 3.08. The summed E-state index contributed by atoms with van der Waals surface area (Å²) >= 11 is 2.27. The largest absolute Gasteiger partial charge is 0.487 e. The lowest BCUT2D eigenvalue weighted by Gasteiger charge is -2.07. The van der Waals surface area contributed by atoms with Gasteiger partial charge in [-0.3, -0.25) is 4.98 Å². The van der Waals surface area contributed by atoms with Gasteiger partial charge in [0.05, 0.1) is 11.4 Å². The maximum atomic E-state index is 5.72. The zero-order valence-electron chi connectivity index (χ0n) is 10.2. The van der Waals surface area contributed by atoms with Crippen LogP contribution in [0.15, 0.2) is 42.5 Å². The van der Waals surface area contributed by atoms with Crippen LogP contribution in [0.2, 0.25) is 0 Å². The molecule has 2 rings (SSSR count). The van der Waals surface area contributed by atoms with E-state index in [0.717, 1.165) is 23.7 Å². The summed E-state index contributed by atoms with van der Waals surface area (Å²) < 4.78 is 6.89. The zero-order valence-corrected chi connectivity index (χ0v) is 12.3. The highest BCUT2D eigenvalue weighted by Gasteiger charge is 1.99. The Bertz CT molecular complexity index is 517. The minimum atomic E-state index is 0.498. The highest BCUT2D eigenvalue weighted by atomic mass is 127. The van der Waals surface area contributed by atoms with Crippen molar-refractivity contribution in [2.24, 2.45) is 0 Å². The van der Waals surface area contributed by atoms with Crippen molar-refractivity contribution in [3.8, 4) is 5.75 Å². The van der Waals surface area contributed by atoms with Crippen LogP contribution in [0.1, 0.15) is 11.4 Å². The lowest BCUT2D eigenvalue weighted by molar-refractivity contribution is 0.300. The van der Waals surface area contributed by atoms with Gasteiger partial charge in [0, 0.05) is 10.1 Å². The average molecular weight is 354 g/mol. The molecule has 0 aliphatic carbocycles. The van der Waals surface area contributed by atoms with Crippen molar-refractivity contribution in [2.75, 3.05) is 7.05 Å². The Kier molecular flexibility index (Phi) is 4.95. The van der Waals surface area contributed by atoms with E-state index < -0.39 is 0 Å². The van der Waals surface area contributed by atoms with Gasteiger partial charge in [-0.15, -0.1) is 0 Å². The van der Waals surface area contributed by atoms with Gasteiger partial charge in [0.15, 0.2) is 0 Å². The second-order valence-electron chi connectivity index (χ2n) is 3.90. The molecule has 4 heteroatoms. The van der Waals surface area contributed by atoms with E-state index >= 15 is 0 Å². The molecule has 0 saturated heterocycles. The molecular weight excluding hydrogens is 339 g/mol. The van der Waals surface area contributed by atoms with E-state index in [0.29, 0.717) is 6.61 Å². The number of aromatic nitrogens is 1. The summed E-state index contributed by atoms with van der Waals surface area (Å²) in [7, 11) is 1.91. The number of rotatable bonds is 5. The van der Waals surface area contributed by atoms with E-state index in [4.69, 9.17) is 4.74 Å². The molecule has 0 spiro atoms. The zero-order chi connectivity index (χ0) is 12.8. The highest BCUT2D eigenvalue weighted by molar-refractivity contribution is 14.1. The van der Waals surface area contributed by atoms with Crippen molar-refractivity contribution in [2.45, 2.75) is 13.2 Å². The molecule has 0 aliphatic heterocycles. The lowest BCUT2D eigenvalue weighted by atomic mass is 10.3. The molecule has 0 unspecified atom stereocenters. The van der Waals surface area contributed by atoms with Crippen molar-refractivity contribution >= 4 is 22.6 Å². The minimum Gasteiger partial charge on any atom is -0.487 e. The van der Waals surface area contributed by atoms with Crippen LogP contribution in [-0.4, -0.2) is 12.0 Å². The van der Waals surface area contributed by atoms with Gasteiger partial charge < -0.3 is 10.1 Å². The predicted octanol–water partition coefficient (Wildman–Crippen LogP) is 2.98. The van der Waals surface area contributed by atoms with E-state index in [2.05, 4.69) is 32.9 Å². The Labute approximate surface area is 121 Å². The molecule has 0 saturated carbocycles. The Hall–Kier alpha value is -1.14. The monoisotopic (exact) mass is 354 g/mol. The third-order valence-electron chi connectivity index (χ3n) is 2.41. The fourth-order valence-corrected chi connectivity index (χ4v) is 2.12. The number of hydrogen-bond acceptors (Lipinski definition) is 3. The molecule has 1 N–H and O–H groups in total. The van der Waals surface area contributed by atoms with Gasteiger partial charge >= 0.3 is 0 Å². The summed E-state index contributed by atoms with van der Waals surface area (Å²) in [5, 5.41) is 3.09. The Morgan fingerprint density at radius 1 is 1.17 bits per heavy atom. The number of hydrogen-bond donors (Lipinski definition) is 1. The van der Waals surface area contributed by atoms with Crippen LogP contribution in [0, 0.1) is 3.57 Å². The first kappa shape index (κ1) is 13.3. The average Bonchev–Trinajstić information content (AvgIpc) is 2.37. The molecule has 0 radical (unpaired) electrons. The van der Waals surface area contributed by atoms with E-state index in [1.807, 2.05) is 49.5 Å². The van der Waals surface area contributed by atoms with Crippen LogP contribution < -0.4 is 10.1 Å². The number of nitrogens with one attached hydrogen (secondary N) is 1. The minimum absolute atomic E-state index is 0.498. The molecule has 0 amide bonds. The molecule has 1 aromatic carbocycles. The smallest absolute Gasteiger partial charge is 0.130 e. The maximum absolute atomic E-state index is 5.72. The maximum Gasteiger partial charge on any atom is 0.130 e. The SMILES string of the molecule is CNCc1cccc(COc2cccc(I)c2)n1. The number of nitrogens with zero attached hydrogens (tertiary/aromatic N) is 1. The fourth-order valence-electron chi connectivity index (χ4n) is 1.60. The Morgan fingerprint density at radius 3 is 2.72 bits per heavy atom. The van der Waals surface area contributed by atoms with Gasteiger partial charge in [-0.05, 0) is 60.0 Å². The van der Waals surface area contributed by atoms with Gasteiger partial charge in [0.1, 0.15) is 12.4 Å². The van der Waals surface area contributed by atoms with Crippen LogP contribution in [0.3, 0.4) is 0 Å². The van der Waals surface area contributed by atoms with Crippen LogP contribution in [0.5, 0.6) is 5.75 Å². The number of benzene rings is 1. The molecule has 0 bridgehead atoms. The van der Waals surface area contributed by atoms with Crippen molar-refractivity contribution in [3.63, 3.8) is 0 Å². The second-order valence-corrected chi connectivity index (χ2v) is 5.14. The first-order valence-corrected chi connectivity index (χ1v) is 6.83. The molecule has 0 atom stereocenters. The van der Waals surface area contributed by atoms with Gasteiger partial charge in [-0.1, -0.05) is 12.1 Å². The summed E-state index contributed by atoms with van der Waals surface area (Å²) in [6.07, 6.45) is 0. The van der Waals surface area contributed by atoms with Crippen LogP contribution in [0.25, 0.3) is 0 Å². The number of pyridine rings is 1. The molecule has 3 nitrogen and oxygen atoms in total. The van der Waals surface area contributed by atoms with Crippen molar-refractivity contribution in [3.05, 3.63) is 57.4 Å².